The highest BCUT2D eigenvalue weighted by atomic mass is 35.5. The number of hydrazone groups is 1. The molecule has 0 spiro atoms. The van der Waals surface area contributed by atoms with Crippen LogP contribution in [0.1, 0.15) is 30.6 Å². The van der Waals surface area contributed by atoms with Gasteiger partial charge in [-0.2, -0.15) is 5.10 Å². The van der Waals surface area contributed by atoms with Crippen LogP contribution in [-0.2, 0) is 0 Å². The first-order chi connectivity index (χ1) is 13.5. The summed E-state index contributed by atoms with van der Waals surface area (Å²) in [7, 11) is 0. The minimum atomic E-state index is -0.241. The smallest absolute Gasteiger partial charge is 0.259 e. The Hall–Kier alpha value is -3.12. The summed E-state index contributed by atoms with van der Waals surface area (Å²) >= 11 is 5.89. The Morgan fingerprint density at radius 2 is 2.07 bits per heavy atom. The molecule has 1 aromatic heterocycles. The molecule has 28 heavy (non-hydrogen) atoms. The van der Waals surface area contributed by atoms with Crippen molar-refractivity contribution in [2.24, 2.45) is 5.10 Å². The number of rotatable bonds is 5. The number of benzene rings is 1. The fraction of sp³-hybridized carbons (Fsp3) is 0.190. The van der Waals surface area contributed by atoms with E-state index in [2.05, 4.69) is 26.1 Å². The van der Waals surface area contributed by atoms with Crippen molar-refractivity contribution >= 4 is 35.2 Å². The van der Waals surface area contributed by atoms with Gasteiger partial charge in [0.25, 0.3) is 5.91 Å². The second kappa shape index (κ2) is 9.19. The van der Waals surface area contributed by atoms with Crippen LogP contribution in [0.15, 0.2) is 71.1 Å². The first-order valence-electron chi connectivity index (χ1n) is 8.98. The van der Waals surface area contributed by atoms with Crippen molar-refractivity contribution in [3.8, 4) is 0 Å². The fourth-order valence-corrected chi connectivity index (χ4v) is 2.90. The van der Waals surface area contributed by atoms with Gasteiger partial charge >= 0.3 is 0 Å². The van der Waals surface area contributed by atoms with Crippen LogP contribution in [0.3, 0.4) is 0 Å². The Kier molecular flexibility index (Phi) is 6.45. The molecule has 0 aliphatic carbocycles. The Balaban J connectivity index is 1.72. The van der Waals surface area contributed by atoms with Crippen LogP contribution in [0.25, 0.3) is 0 Å². The van der Waals surface area contributed by atoms with Gasteiger partial charge in [0, 0.05) is 35.1 Å². The molecule has 1 aromatic carbocycles. The minimum absolute atomic E-state index is 0.0501. The Morgan fingerprint density at radius 1 is 1.29 bits per heavy atom. The van der Waals surface area contributed by atoms with Gasteiger partial charge in [-0.15, -0.1) is 0 Å². The number of nitrogens with one attached hydrogen (secondary N) is 3. The summed E-state index contributed by atoms with van der Waals surface area (Å²) in [5, 5.41) is 10.9. The molecule has 1 aliphatic rings. The maximum absolute atomic E-state index is 12.7. The summed E-state index contributed by atoms with van der Waals surface area (Å²) in [6, 6.07) is 10.4. The number of hydrogen-bond donors (Lipinski definition) is 3. The molecule has 1 amide bonds. The lowest BCUT2D eigenvalue weighted by atomic mass is 10.1. The van der Waals surface area contributed by atoms with E-state index in [9.17, 15) is 4.79 Å². The fourth-order valence-electron chi connectivity index (χ4n) is 2.77. The maximum atomic E-state index is 12.7. The van der Waals surface area contributed by atoms with Gasteiger partial charge in [-0.25, -0.2) is 4.98 Å². The van der Waals surface area contributed by atoms with Gasteiger partial charge in [-0.3, -0.25) is 10.2 Å². The van der Waals surface area contributed by atoms with Crippen molar-refractivity contribution in [2.75, 3.05) is 10.6 Å². The predicted molar refractivity (Wildman–Crippen MR) is 115 cm³/mol. The lowest BCUT2D eigenvalue weighted by Crippen LogP contribution is -2.22. The van der Waals surface area contributed by atoms with Gasteiger partial charge < -0.3 is 10.6 Å². The molecule has 1 atom stereocenters. The summed E-state index contributed by atoms with van der Waals surface area (Å²) in [6.45, 7) is 3.99. The lowest BCUT2D eigenvalue weighted by molar-refractivity contribution is 0.102. The van der Waals surface area contributed by atoms with Gasteiger partial charge in [0.2, 0.25) is 0 Å². The highest BCUT2D eigenvalue weighted by molar-refractivity contribution is 6.30. The molecule has 3 rings (SSSR count). The monoisotopic (exact) mass is 395 g/mol. The number of carbonyl (C=O) groups excluding carboxylic acids is 1. The Morgan fingerprint density at radius 3 is 2.82 bits per heavy atom. The largest absolute Gasteiger partial charge is 0.363 e. The number of nitrogens with zero attached hydrogens (tertiary/aromatic N) is 2. The zero-order valence-corrected chi connectivity index (χ0v) is 16.5. The summed E-state index contributed by atoms with van der Waals surface area (Å²) < 4.78 is 0. The first kappa shape index (κ1) is 19.6. The van der Waals surface area contributed by atoms with Gasteiger partial charge in [0.15, 0.2) is 0 Å². The molecule has 7 heteroatoms. The van der Waals surface area contributed by atoms with Crippen LogP contribution >= 0.6 is 11.6 Å². The zero-order valence-electron chi connectivity index (χ0n) is 15.7. The molecule has 1 unspecified atom stereocenters. The van der Waals surface area contributed by atoms with Crippen molar-refractivity contribution in [2.45, 2.75) is 26.3 Å². The third kappa shape index (κ3) is 5.20. The lowest BCUT2D eigenvalue weighted by Gasteiger charge is -2.18. The second-order valence-corrected chi connectivity index (χ2v) is 6.83. The number of aromatic nitrogens is 1. The Bertz CT molecular complexity index is 934. The van der Waals surface area contributed by atoms with Gasteiger partial charge in [0.05, 0.1) is 11.8 Å². The van der Waals surface area contributed by atoms with E-state index in [4.69, 9.17) is 11.6 Å². The highest BCUT2D eigenvalue weighted by Crippen LogP contribution is 2.19. The third-order valence-corrected chi connectivity index (χ3v) is 4.43. The first-order valence-corrected chi connectivity index (χ1v) is 9.36. The average molecular weight is 396 g/mol. The van der Waals surface area contributed by atoms with E-state index in [0.29, 0.717) is 22.1 Å². The van der Waals surface area contributed by atoms with E-state index in [1.807, 2.05) is 32.2 Å². The van der Waals surface area contributed by atoms with E-state index < -0.39 is 0 Å². The third-order valence-electron chi connectivity index (χ3n) is 4.17. The maximum Gasteiger partial charge on any atom is 0.259 e. The molecule has 0 saturated carbocycles. The van der Waals surface area contributed by atoms with E-state index in [1.165, 1.54) is 0 Å². The molecule has 0 saturated heterocycles. The van der Waals surface area contributed by atoms with Crippen LogP contribution in [0.5, 0.6) is 0 Å². The van der Waals surface area contributed by atoms with Crippen LogP contribution in [0, 0.1) is 0 Å². The minimum Gasteiger partial charge on any atom is -0.363 e. The Labute approximate surface area is 169 Å². The summed E-state index contributed by atoms with van der Waals surface area (Å²) in [4.78, 5) is 17.0. The molecule has 6 nitrogen and oxygen atoms in total. The van der Waals surface area contributed by atoms with E-state index >= 15 is 0 Å². The summed E-state index contributed by atoms with van der Waals surface area (Å²) in [6.07, 6.45) is 8.33. The van der Waals surface area contributed by atoms with Gasteiger partial charge in [-0.05, 0) is 61.9 Å². The number of hydrogen-bond acceptors (Lipinski definition) is 5. The SMILES string of the molecule is C/C=C1/C=NN/C(=C/C(C)Nc2ncccc2C(=O)Nc2ccc(Cl)cc2)C1. The normalized spacial score (nSPS) is 17.2. The predicted octanol–water partition coefficient (Wildman–Crippen LogP) is 4.60. The van der Waals surface area contributed by atoms with Crippen LogP contribution in [0.2, 0.25) is 5.02 Å². The van der Waals surface area contributed by atoms with Crippen LogP contribution in [-0.4, -0.2) is 23.1 Å². The number of amides is 1. The molecule has 2 heterocycles. The number of carbonyl (C=O) groups is 1. The van der Waals surface area contributed by atoms with E-state index in [0.717, 1.165) is 17.7 Å². The molecule has 144 valence electrons. The number of allylic oxidation sites excluding steroid dienone is 2. The van der Waals surface area contributed by atoms with Crippen molar-refractivity contribution in [1.29, 1.82) is 0 Å². The van der Waals surface area contributed by atoms with Crippen molar-refractivity contribution in [3.63, 3.8) is 0 Å². The quantitative estimate of drug-likeness (QED) is 0.691. The molecule has 0 bridgehead atoms. The van der Waals surface area contributed by atoms with E-state index in [1.54, 1.807) is 42.6 Å². The van der Waals surface area contributed by atoms with Crippen molar-refractivity contribution < 1.29 is 4.79 Å². The highest BCUT2D eigenvalue weighted by Gasteiger charge is 2.14. The standard InChI is InChI=1S/C21H22ClN5O/c1-3-15-12-18(27-24-13-15)11-14(2)25-20-19(5-4-10-23-20)21(28)26-17-8-6-16(22)7-9-17/h3-11,13-14,27H,12H2,1-2H3,(H,23,25)(H,26,28)/b15-3+,18-11+. The van der Waals surface area contributed by atoms with Gasteiger partial charge in [0.1, 0.15) is 5.82 Å². The topological polar surface area (TPSA) is 78.4 Å². The molecule has 2 aromatic rings. The van der Waals surface area contributed by atoms with E-state index in [-0.39, 0.29) is 11.9 Å². The zero-order chi connectivity index (χ0) is 19.9. The van der Waals surface area contributed by atoms with Crippen molar-refractivity contribution in [1.82, 2.24) is 10.4 Å². The summed E-state index contributed by atoms with van der Waals surface area (Å²) in [5.74, 6) is 0.276. The van der Waals surface area contributed by atoms with Crippen LogP contribution in [0.4, 0.5) is 11.5 Å². The van der Waals surface area contributed by atoms with Crippen molar-refractivity contribution in [3.05, 3.63) is 76.6 Å². The number of anilines is 2. The van der Waals surface area contributed by atoms with Gasteiger partial charge in [-0.1, -0.05) is 17.7 Å². The summed E-state index contributed by atoms with van der Waals surface area (Å²) in [5.41, 5.74) is 6.30. The molecule has 0 radical (unpaired) electrons. The molecule has 3 N–H and O–H groups in total. The molecule has 1 aliphatic heterocycles. The van der Waals surface area contributed by atoms with Crippen LogP contribution < -0.4 is 16.1 Å². The number of pyridine rings is 1. The number of halogens is 1. The molecular weight excluding hydrogens is 374 g/mol. The molecule has 0 fully saturated rings. The average Bonchev–Trinajstić information content (AvgIpc) is 2.70. The molecular formula is C21H22ClN5O. The second-order valence-electron chi connectivity index (χ2n) is 6.40.